The Morgan fingerprint density at radius 3 is 2.69 bits per heavy atom. The maximum atomic E-state index is 13.3. The smallest absolute Gasteiger partial charge is 0.425 e. The van der Waals surface area contributed by atoms with Crippen molar-refractivity contribution in [3.8, 4) is 11.9 Å². The maximum Gasteiger partial charge on any atom is 0.425 e. The van der Waals surface area contributed by atoms with E-state index in [9.17, 15) is 19.6 Å². The second-order valence-corrected chi connectivity index (χ2v) is 8.23. The molecule has 0 bridgehead atoms. The number of aryl methyl sites for hydroxylation is 1. The Kier molecular flexibility index (Phi) is 8.06. The number of anilines is 1. The van der Waals surface area contributed by atoms with Crippen LogP contribution < -0.4 is 10.7 Å². The van der Waals surface area contributed by atoms with Crippen molar-refractivity contribution in [2.24, 2.45) is 0 Å². The van der Waals surface area contributed by atoms with Gasteiger partial charge in [-0.3, -0.25) is 9.59 Å². The molecule has 2 N–H and O–H groups in total. The lowest BCUT2D eigenvalue weighted by Crippen LogP contribution is -2.46. The Balaban J connectivity index is 2.05. The van der Waals surface area contributed by atoms with E-state index in [0.717, 1.165) is 12.1 Å². The summed E-state index contributed by atoms with van der Waals surface area (Å²) in [5.74, 6) is -1.04. The van der Waals surface area contributed by atoms with E-state index < -0.39 is 17.9 Å². The molecule has 3 rings (SSSR count). The van der Waals surface area contributed by atoms with E-state index in [0.29, 0.717) is 10.2 Å². The highest BCUT2D eigenvalue weighted by molar-refractivity contribution is 9.10. The number of rotatable bonds is 5. The highest BCUT2D eigenvalue weighted by atomic mass is 79.9. The molecular weight excluding hydrogens is 542 g/mol. The molecule has 1 aromatic carbocycles. The molecule has 0 aliphatic heterocycles. The molecule has 0 aliphatic rings. The molecular formula is C22H19BrClN7O4. The Morgan fingerprint density at radius 2 is 2.06 bits per heavy atom. The van der Waals surface area contributed by atoms with Crippen LogP contribution in [0.1, 0.15) is 38.9 Å². The highest BCUT2D eigenvalue weighted by Gasteiger charge is 2.25. The van der Waals surface area contributed by atoms with Gasteiger partial charge >= 0.3 is 6.09 Å². The van der Waals surface area contributed by atoms with E-state index in [1.54, 1.807) is 26.0 Å². The van der Waals surface area contributed by atoms with Crippen LogP contribution in [0, 0.1) is 18.3 Å². The van der Waals surface area contributed by atoms with Crippen LogP contribution in [0.2, 0.25) is 5.02 Å². The van der Waals surface area contributed by atoms with Crippen molar-refractivity contribution < 1.29 is 19.1 Å². The molecule has 180 valence electrons. The molecule has 3 aromatic rings. The van der Waals surface area contributed by atoms with Crippen molar-refractivity contribution in [3.63, 3.8) is 0 Å². The molecule has 2 aromatic heterocycles. The summed E-state index contributed by atoms with van der Waals surface area (Å²) >= 11 is 9.49. The minimum Gasteiger partial charge on any atom is -0.452 e. The fraction of sp³-hybridized carbons (Fsp3) is 0.182. The first kappa shape index (κ1) is 25.7. The number of methoxy groups -OCH3 is 1. The second kappa shape index (κ2) is 11.0. The van der Waals surface area contributed by atoms with Gasteiger partial charge < -0.3 is 10.1 Å². The van der Waals surface area contributed by atoms with E-state index in [1.165, 1.54) is 29.1 Å². The number of ether oxygens (including phenoxy) is 1. The molecule has 35 heavy (non-hydrogen) atoms. The van der Waals surface area contributed by atoms with Crippen molar-refractivity contribution in [1.29, 1.82) is 5.26 Å². The molecule has 0 saturated heterocycles. The van der Waals surface area contributed by atoms with Gasteiger partial charge in [0, 0.05) is 18.8 Å². The summed E-state index contributed by atoms with van der Waals surface area (Å²) in [6.07, 6.45) is 0.660. The third kappa shape index (κ3) is 5.59. The van der Waals surface area contributed by atoms with Crippen LogP contribution in [0.4, 0.5) is 10.5 Å². The Labute approximate surface area is 213 Å². The van der Waals surface area contributed by atoms with E-state index >= 15 is 0 Å². The number of amides is 3. The van der Waals surface area contributed by atoms with Crippen molar-refractivity contribution in [3.05, 3.63) is 68.5 Å². The molecule has 0 unspecified atom stereocenters. The summed E-state index contributed by atoms with van der Waals surface area (Å²) in [7, 11) is 1.16. The number of nitriles is 1. The fourth-order valence-corrected chi connectivity index (χ4v) is 3.72. The maximum absolute atomic E-state index is 13.3. The standard InChI is InChI=1S/C22H19BrClN7O4/c1-4-30(29-22(34)35-3)21(33)14-9-13(11-25)8-12(2)18(14)27-20(32)16-10-17(23)28-31(16)19-15(24)6-5-7-26-19/h5-10H,4H2,1-3H3,(H,27,32)(H,29,34). The summed E-state index contributed by atoms with van der Waals surface area (Å²) in [6, 6.07) is 9.56. The van der Waals surface area contributed by atoms with Crippen molar-refractivity contribution in [1.82, 2.24) is 25.2 Å². The number of nitrogens with zero attached hydrogens (tertiary/aromatic N) is 5. The van der Waals surface area contributed by atoms with Crippen LogP contribution >= 0.6 is 27.5 Å². The SMILES string of the molecule is CCN(NC(=O)OC)C(=O)c1cc(C#N)cc(C)c1NC(=O)c1cc(Br)nn1-c1ncccc1Cl. The third-order valence-electron chi connectivity index (χ3n) is 4.76. The molecule has 0 aliphatic carbocycles. The minimum absolute atomic E-state index is 0.00541. The van der Waals surface area contributed by atoms with E-state index in [4.69, 9.17) is 11.6 Å². The zero-order valence-electron chi connectivity index (χ0n) is 18.8. The van der Waals surface area contributed by atoms with Crippen LogP contribution in [0.5, 0.6) is 0 Å². The van der Waals surface area contributed by atoms with Crippen LogP contribution in [-0.4, -0.2) is 51.3 Å². The molecule has 13 heteroatoms. The normalized spacial score (nSPS) is 10.3. The van der Waals surface area contributed by atoms with Gasteiger partial charge in [-0.05, 0) is 59.6 Å². The average Bonchev–Trinajstić information content (AvgIpc) is 3.24. The monoisotopic (exact) mass is 559 g/mol. The molecule has 3 amide bonds. The predicted molar refractivity (Wildman–Crippen MR) is 130 cm³/mol. The summed E-state index contributed by atoms with van der Waals surface area (Å²) < 4.78 is 6.18. The van der Waals surface area contributed by atoms with Gasteiger partial charge in [0.15, 0.2) is 5.82 Å². The number of pyridine rings is 1. The molecule has 11 nitrogen and oxygen atoms in total. The number of hydrazine groups is 1. The topological polar surface area (TPSA) is 142 Å². The lowest BCUT2D eigenvalue weighted by molar-refractivity contribution is 0.0644. The second-order valence-electron chi connectivity index (χ2n) is 7.01. The zero-order chi connectivity index (χ0) is 25.7. The summed E-state index contributed by atoms with van der Waals surface area (Å²) in [6.45, 7) is 3.37. The number of aromatic nitrogens is 3. The largest absolute Gasteiger partial charge is 0.452 e. The molecule has 0 radical (unpaired) electrons. The summed E-state index contributed by atoms with van der Waals surface area (Å²) in [4.78, 5) is 42.5. The molecule has 0 spiro atoms. The van der Waals surface area contributed by atoms with E-state index in [-0.39, 0.29) is 39.9 Å². The minimum atomic E-state index is -0.847. The quantitative estimate of drug-likeness (QED) is 0.451. The van der Waals surface area contributed by atoms with Gasteiger partial charge in [0.05, 0.1) is 35.0 Å². The van der Waals surface area contributed by atoms with E-state index in [2.05, 4.69) is 41.5 Å². The van der Waals surface area contributed by atoms with Gasteiger partial charge in [-0.25, -0.2) is 24.9 Å². The highest BCUT2D eigenvalue weighted by Crippen LogP contribution is 2.27. The molecule has 2 heterocycles. The van der Waals surface area contributed by atoms with Crippen LogP contribution in [0.25, 0.3) is 5.82 Å². The van der Waals surface area contributed by atoms with Gasteiger partial charge in [0.1, 0.15) is 10.3 Å². The van der Waals surface area contributed by atoms with Crippen LogP contribution in [0.15, 0.2) is 41.1 Å². The number of nitrogens with one attached hydrogen (secondary N) is 2. The number of halogens is 2. The predicted octanol–water partition coefficient (Wildman–Crippen LogP) is 3.85. The average molecular weight is 561 g/mol. The fourth-order valence-electron chi connectivity index (χ4n) is 3.15. The van der Waals surface area contributed by atoms with Gasteiger partial charge in [0.25, 0.3) is 11.8 Å². The number of hydrogen-bond donors (Lipinski definition) is 2. The van der Waals surface area contributed by atoms with Gasteiger partial charge in [-0.2, -0.15) is 10.4 Å². The first-order chi connectivity index (χ1) is 16.7. The van der Waals surface area contributed by atoms with Crippen molar-refractivity contribution >= 4 is 51.1 Å². The molecule has 0 saturated carbocycles. The number of hydrogen-bond acceptors (Lipinski definition) is 7. The Hall–Kier alpha value is -3.95. The lowest BCUT2D eigenvalue weighted by Gasteiger charge is -2.23. The Bertz CT molecular complexity index is 1350. The summed E-state index contributed by atoms with van der Waals surface area (Å²) in [5.41, 5.74) is 3.19. The van der Waals surface area contributed by atoms with Gasteiger partial charge in [-0.15, -0.1) is 0 Å². The number of carbonyl (C=O) groups excluding carboxylic acids is 3. The number of carbonyl (C=O) groups is 3. The first-order valence-corrected chi connectivity index (χ1v) is 11.3. The van der Waals surface area contributed by atoms with E-state index in [1.807, 2.05) is 6.07 Å². The van der Waals surface area contributed by atoms with Gasteiger partial charge in [-0.1, -0.05) is 11.6 Å². The van der Waals surface area contributed by atoms with Gasteiger partial charge in [0.2, 0.25) is 0 Å². The molecule has 0 fully saturated rings. The lowest BCUT2D eigenvalue weighted by atomic mass is 10.0. The Morgan fingerprint density at radius 1 is 1.31 bits per heavy atom. The zero-order valence-corrected chi connectivity index (χ0v) is 21.1. The van der Waals surface area contributed by atoms with Crippen LogP contribution in [-0.2, 0) is 4.74 Å². The van der Waals surface area contributed by atoms with Crippen molar-refractivity contribution in [2.75, 3.05) is 19.0 Å². The summed E-state index contributed by atoms with van der Waals surface area (Å²) in [5, 5.41) is 17.6. The molecule has 0 atom stereocenters. The van der Waals surface area contributed by atoms with Crippen LogP contribution in [0.3, 0.4) is 0 Å². The first-order valence-electron chi connectivity index (χ1n) is 10.1. The van der Waals surface area contributed by atoms with Crippen molar-refractivity contribution in [2.45, 2.75) is 13.8 Å². The number of benzene rings is 1. The third-order valence-corrected chi connectivity index (χ3v) is 5.44.